The molecule has 0 saturated heterocycles. The van der Waals surface area contributed by atoms with E-state index in [1.54, 1.807) is 6.92 Å². The SMILES string of the molecule is CCNC(=NCCS(=O)(=O)CC)N1CCc2ccccc21. The summed E-state index contributed by atoms with van der Waals surface area (Å²) >= 11 is 0. The second-order valence-electron chi connectivity index (χ2n) is 5.00. The third kappa shape index (κ3) is 3.97. The van der Waals surface area contributed by atoms with E-state index in [-0.39, 0.29) is 11.5 Å². The molecule has 0 aromatic heterocycles. The topological polar surface area (TPSA) is 61.8 Å². The van der Waals surface area contributed by atoms with E-state index in [9.17, 15) is 8.42 Å². The first kappa shape index (κ1) is 15.8. The van der Waals surface area contributed by atoms with Crippen molar-refractivity contribution in [2.45, 2.75) is 20.3 Å². The van der Waals surface area contributed by atoms with Gasteiger partial charge in [-0.3, -0.25) is 4.99 Å². The van der Waals surface area contributed by atoms with E-state index in [2.05, 4.69) is 27.3 Å². The zero-order chi connectivity index (χ0) is 15.3. The smallest absolute Gasteiger partial charge is 0.198 e. The summed E-state index contributed by atoms with van der Waals surface area (Å²) < 4.78 is 23.1. The van der Waals surface area contributed by atoms with Crippen LogP contribution < -0.4 is 10.2 Å². The molecule has 0 aliphatic carbocycles. The number of anilines is 1. The fourth-order valence-corrected chi connectivity index (χ4v) is 3.05. The van der Waals surface area contributed by atoms with Gasteiger partial charge < -0.3 is 10.2 Å². The molecule has 6 heteroatoms. The Morgan fingerprint density at radius 3 is 2.81 bits per heavy atom. The van der Waals surface area contributed by atoms with Gasteiger partial charge in [0.15, 0.2) is 15.8 Å². The van der Waals surface area contributed by atoms with E-state index in [4.69, 9.17) is 0 Å². The highest BCUT2D eigenvalue weighted by Crippen LogP contribution is 2.27. The molecule has 0 amide bonds. The van der Waals surface area contributed by atoms with Crippen molar-refractivity contribution in [2.24, 2.45) is 4.99 Å². The van der Waals surface area contributed by atoms with Crippen molar-refractivity contribution >= 4 is 21.5 Å². The Labute approximate surface area is 127 Å². The molecule has 1 aromatic carbocycles. The minimum absolute atomic E-state index is 0.105. The molecule has 0 bridgehead atoms. The number of nitrogens with one attached hydrogen (secondary N) is 1. The summed E-state index contributed by atoms with van der Waals surface area (Å²) in [6.45, 7) is 5.63. The number of nitrogens with zero attached hydrogens (tertiary/aromatic N) is 2. The summed E-state index contributed by atoms with van der Waals surface area (Å²) in [7, 11) is -2.97. The van der Waals surface area contributed by atoms with Crippen molar-refractivity contribution in [1.82, 2.24) is 5.32 Å². The van der Waals surface area contributed by atoms with Gasteiger partial charge in [0.1, 0.15) is 0 Å². The molecule has 1 aliphatic rings. The summed E-state index contributed by atoms with van der Waals surface area (Å²) in [5, 5.41) is 3.25. The monoisotopic (exact) mass is 309 g/mol. The van der Waals surface area contributed by atoms with Crippen molar-refractivity contribution in [2.75, 3.05) is 36.0 Å². The first-order chi connectivity index (χ1) is 10.1. The standard InChI is InChI=1S/C15H23N3O2S/c1-3-16-15(17-10-12-21(19,20)4-2)18-11-9-13-7-5-6-8-14(13)18/h5-8H,3-4,9-12H2,1-2H3,(H,16,17). The summed E-state index contributed by atoms with van der Waals surface area (Å²) in [4.78, 5) is 6.62. The van der Waals surface area contributed by atoms with E-state index in [0.717, 1.165) is 31.2 Å². The maximum absolute atomic E-state index is 11.6. The molecule has 116 valence electrons. The third-order valence-electron chi connectivity index (χ3n) is 3.58. The van der Waals surface area contributed by atoms with Gasteiger partial charge in [-0.25, -0.2) is 8.42 Å². The van der Waals surface area contributed by atoms with Gasteiger partial charge in [-0.15, -0.1) is 0 Å². The van der Waals surface area contributed by atoms with E-state index in [0.29, 0.717) is 6.54 Å². The van der Waals surface area contributed by atoms with Crippen LogP contribution in [0, 0.1) is 0 Å². The number of guanidine groups is 1. The van der Waals surface area contributed by atoms with Gasteiger partial charge in [0, 0.05) is 24.5 Å². The van der Waals surface area contributed by atoms with Crippen LogP contribution in [0.2, 0.25) is 0 Å². The molecular formula is C15H23N3O2S. The molecular weight excluding hydrogens is 286 g/mol. The van der Waals surface area contributed by atoms with Gasteiger partial charge in [0.2, 0.25) is 0 Å². The lowest BCUT2D eigenvalue weighted by Crippen LogP contribution is -2.40. The van der Waals surface area contributed by atoms with E-state index < -0.39 is 9.84 Å². The minimum atomic E-state index is -2.97. The number of benzene rings is 1. The van der Waals surface area contributed by atoms with Crippen molar-refractivity contribution in [3.05, 3.63) is 29.8 Å². The molecule has 0 spiro atoms. The quantitative estimate of drug-likeness (QED) is 0.660. The predicted octanol–water partition coefficient (Wildman–Crippen LogP) is 1.45. The number of hydrogen-bond donors (Lipinski definition) is 1. The van der Waals surface area contributed by atoms with Crippen LogP contribution in [-0.2, 0) is 16.3 Å². The van der Waals surface area contributed by atoms with Crippen molar-refractivity contribution in [3.63, 3.8) is 0 Å². The predicted molar refractivity (Wildman–Crippen MR) is 87.8 cm³/mol. The molecule has 1 N–H and O–H groups in total. The summed E-state index contributed by atoms with van der Waals surface area (Å²) in [5.41, 5.74) is 2.47. The van der Waals surface area contributed by atoms with Gasteiger partial charge in [-0.05, 0) is 25.0 Å². The number of para-hydroxylation sites is 1. The molecule has 1 heterocycles. The fourth-order valence-electron chi connectivity index (χ4n) is 2.39. The molecule has 5 nitrogen and oxygen atoms in total. The Kier molecular flexibility index (Phi) is 5.22. The number of rotatable bonds is 5. The van der Waals surface area contributed by atoms with Crippen molar-refractivity contribution < 1.29 is 8.42 Å². The van der Waals surface area contributed by atoms with Crippen LogP contribution in [0.4, 0.5) is 5.69 Å². The van der Waals surface area contributed by atoms with Gasteiger partial charge in [-0.1, -0.05) is 25.1 Å². The lowest BCUT2D eigenvalue weighted by Gasteiger charge is -2.22. The maximum Gasteiger partial charge on any atom is 0.198 e. The van der Waals surface area contributed by atoms with Crippen LogP contribution >= 0.6 is 0 Å². The molecule has 1 aromatic rings. The van der Waals surface area contributed by atoms with Crippen LogP contribution in [0.5, 0.6) is 0 Å². The summed E-state index contributed by atoms with van der Waals surface area (Å²) in [6.07, 6.45) is 0.994. The molecule has 0 radical (unpaired) electrons. The normalized spacial score (nSPS) is 15.1. The number of aliphatic imine (C=N–C) groups is 1. The van der Waals surface area contributed by atoms with E-state index >= 15 is 0 Å². The second-order valence-corrected chi connectivity index (χ2v) is 7.48. The molecule has 1 aliphatic heterocycles. The van der Waals surface area contributed by atoms with Gasteiger partial charge >= 0.3 is 0 Å². The zero-order valence-electron chi connectivity index (χ0n) is 12.7. The second kappa shape index (κ2) is 6.93. The summed E-state index contributed by atoms with van der Waals surface area (Å²) in [6, 6.07) is 8.26. The Bertz CT molecular complexity index is 611. The lowest BCUT2D eigenvalue weighted by molar-refractivity contribution is 0.597. The largest absolute Gasteiger partial charge is 0.356 e. The lowest BCUT2D eigenvalue weighted by atomic mass is 10.2. The number of fused-ring (bicyclic) bond motifs is 1. The Hall–Kier alpha value is -1.56. The molecule has 2 rings (SSSR count). The Morgan fingerprint density at radius 2 is 2.10 bits per heavy atom. The minimum Gasteiger partial charge on any atom is -0.356 e. The molecule has 0 fully saturated rings. The third-order valence-corrected chi connectivity index (χ3v) is 5.27. The van der Waals surface area contributed by atoms with Crippen LogP contribution in [0.25, 0.3) is 0 Å². The van der Waals surface area contributed by atoms with Crippen molar-refractivity contribution in [3.8, 4) is 0 Å². The van der Waals surface area contributed by atoms with Gasteiger partial charge in [0.05, 0.1) is 12.3 Å². The van der Waals surface area contributed by atoms with Gasteiger partial charge in [-0.2, -0.15) is 0 Å². The van der Waals surface area contributed by atoms with Crippen LogP contribution in [0.15, 0.2) is 29.3 Å². The average Bonchev–Trinajstić information content (AvgIpc) is 2.90. The maximum atomic E-state index is 11.6. The van der Waals surface area contributed by atoms with Gasteiger partial charge in [0.25, 0.3) is 0 Å². The van der Waals surface area contributed by atoms with Crippen LogP contribution in [-0.4, -0.2) is 45.5 Å². The summed E-state index contributed by atoms with van der Waals surface area (Å²) in [5.74, 6) is 1.05. The van der Waals surface area contributed by atoms with Crippen LogP contribution in [0.1, 0.15) is 19.4 Å². The molecule has 21 heavy (non-hydrogen) atoms. The Morgan fingerprint density at radius 1 is 1.33 bits per heavy atom. The average molecular weight is 309 g/mol. The highest BCUT2D eigenvalue weighted by atomic mass is 32.2. The number of hydrogen-bond acceptors (Lipinski definition) is 3. The van der Waals surface area contributed by atoms with Crippen LogP contribution in [0.3, 0.4) is 0 Å². The van der Waals surface area contributed by atoms with Crippen molar-refractivity contribution in [1.29, 1.82) is 0 Å². The highest BCUT2D eigenvalue weighted by molar-refractivity contribution is 7.91. The zero-order valence-corrected chi connectivity index (χ0v) is 13.5. The van der Waals surface area contributed by atoms with E-state index in [1.165, 1.54) is 5.56 Å². The molecule has 0 unspecified atom stereocenters. The first-order valence-corrected chi connectivity index (χ1v) is 9.23. The van der Waals surface area contributed by atoms with E-state index in [1.807, 2.05) is 19.1 Å². The number of sulfone groups is 1. The first-order valence-electron chi connectivity index (χ1n) is 7.41. The Balaban J connectivity index is 2.13. The highest BCUT2D eigenvalue weighted by Gasteiger charge is 2.22. The molecule has 0 saturated carbocycles. The molecule has 0 atom stereocenters. The fraction of sp³-hybridized carbons (Fsp3) is 0.533.